The van der Waals surface area contributed by atoms with Gasteiger partial charge in [-0.25, -0.2) is 9.59 Å². The first-order valence-corrected chi connectivity index (χ1v) is 11.5. The van der Waals surface area contributed by atoms with Crippen molar-refractivity contribution in [3.8, 4) is 0 Å². The highest BCUT2D eigenvalue weighted by molar-refractivity contribution is 6.03. The van der Waals surface area contributed by atoms with E-state index in [9.17, 15) is 24.0 Å². The molecular weight excluding hydrogens is 460 g/mol. The van der Waals surface area contributed by atoms with Crippen molar-refractivity contribution in [3.05, 3.63) is 35.4 Å². The average molecular weight is 497 g/mol. The summed E-state index contributed by atoms with van der Waals surface area (Å²) in [6, 6.07) is 6.59. The van der Waals surface area contributed by atoms with Crippen LogP contribution in [0.2, 0.25) is 0 Å². The van der Waals surface area contributed by atoms with Crippen LogP contribution in [0.4, 0.5) is 0 Å². The van der Waals surface area contributed by atoms with E-state index in [0.29, 0.717) is 13.2 Å². The second-order valence-corrected chi connectivity index (χ2v) is 7.36. The van der Waals surface area contributed by atoms with Gasteiger partial charge in [0.2, 0.25) is 0 Å². The molecule has 0 aliphatic carbocycles. The van der Waals surface area contributed by atoms with Gasteiger partial charge in [-0.05, 0) is 25.0 Å². The molecule has 0 N–H and O–H groups in total. The van der Waals surface area contributed by atoms with E-state index >= 15 is 0 Å². The van der Waals surface area contributed by atoms with Crippen molar-refractivity contribution in [2.24, 2.45) is 0 Å². The van der Waals surface area contributed by atoms with Crippen LogP contribution in [0.15, 0.2) is 24.3 Å². The van der Waals surface area contributed by atoms with Gasteiger partial charge in [0.25, 0.3) is 0 Å². The monoisotopic (exact) mass is 496 g/mol. The minimum absolute atomic E-state index is 0.123. The smallest absolute Gasteiger partial charge is 0.339 e. The normalized spacial score (nSPS) is 9.89. The molecule has 0 unspecified atom stereocenters. The molecule has 0 aliphatic heterocycles. The molecule has 0 fully saturated rings. The highest BCUT2D eigenvalue weighted by Gasteiger charge is 2.18. The Hall–Kier alpha value is -3.43. The van der Waals surface area contributed by atoms with Crippen LogP contribution in [-0.4, -0.2) is 62.4 Å². The van der Waals surface area contributed by atoms with Crippen molar-refractivity contribution in [2.75, 3.05) is 26.4 Å². The van der Waals surface area contributed by atoms with E-state index in [4.69, 9.17) is 14.2 Å². The van der Waals surface area contributed by atoms with E-state index < -0.39 is 36.0 Å². The predicted molar refractivity (Wildman–Crippen MR) is 126 cm³/mol. The molecule has 35 heavy (non-hydrogen) atoms. The minimum Gasteiger partial charge on any atom is -0.462 e. The van der Waals surface area contributed by atoms with Gasteiger partial charge < -0.3 is 23.7 Å². The van der Waals surface area contributed by atoms with Crippen molar-refractivity contribution in [1.82, 2.24) is 0 Å². The predicted octanol–water partition coefficient (Wildman–Crippen LogP) is 3.64. The van der Waals surface area contributed by atoms with E-state index in [-0.39, 0.29) is 24.3 Å². The van der Waals surface area contributed by atoms with Crippen LogP contribution in [0.5, 0.6) is 0 Å². The molecule has 196 valence electrons. The summed E-state index contributed by atoms with van der Waals surface area (Å²) in [5.74, 6) is -2.45. The number of hydrogen-bond acceptors (Lipinski definition) is 10. The lowest BCUT2D eigenvalue weighted by molar-refractivity contribution is -0.163. The quantitative estimate of drug-likeness (QED) is 0.226. The molecule has 0 bridgehead atoms. The van der Waals surface area contributed by atoms with E-state index in [1.54, 1.807) is 24.3 Å². The molecule has 1 rings (SSSR count). The molecule has 0 saturated carbocycles. The highest BCUT2D eigenvalue weighted by atomic mass is 16.6. The number of carbonyl (C=O) groups excluding carboxylic acids is 5. The summed E-state index contributed by atoms with van der Waals surface area (Å²) in [7, 11) is 0. The first-order chi connectivity index (χ1) is 16.6. The third-order valence-corrected chi connectivity index (χ3v) is 4.11. The lowest BCUT2D eigenvalue weighted by Gasteiger charge is -2.15. The number of benzene rings is 1. The fraction of sp³-hybridized carbons (Fsp3) is 0.560. The van der Waals surface area contributed by atoms with E-state index in [2.05, 4.69) is 9.47 Å². The SMILES string of the molecule is CC(=O)OCC(COC(C)=O)OC(C)=O.CCCCOC(=O)c1ccccc1C(=O)OCCCC. The van der Waals surface area contributed by atoms with Crippen LogP contribution in [0.25, 0.3) is 0 Å². The first kappa shape index (κ1) is 31.6. The zero-order valence-corrected chi connectivity index (χ0v) is 21.1. The van der Waals surface area contributed by atoms with Gasteiger partial charge in [0, 0.05) is 20.8 Å². The van der Waals surface area contributed by atoms with Crippen molar-refractivity contribution in [2.45, 2.75) is 66.4 Å². The maximum Gasteiger partial charge on any atom is 0.339 e. The van der Waals surface area contributed by atoms with Crippen LogP contribution in [0, 0.1) is 0 Å². The Balaban J connectivity index is 0.000000691. The summed E-state index contributed by atoms with van der Waals surface area (Å²) in [4.78, 5) is 55.5. The topological polar surface area (TPSA) is 132 Å². The van der Waals surface area contributed by atoms with E-state index in [1.165, 1.54) is 20.8 Å². The van der Waals surface area contributed by atoms with Gasteiger partial charge in [-0.2, -0.15) is 0 Å². The number of esters is 5. The standard InChI is InChI=1S/C16H22O4.C9H14O6/c1-3-5-11-19-15(17)13-9-7-8-10-14(13)16(18)20-12-6-4-2;1-6(10)13-4-9(15-8(3)12)5-14-7(2)11/h7-10H,3-6,11-12H2,1-2H3;9H,4-5H2,1-3H3. The van der Waals surface area contributed by atoms with Gasteiger partial charge in [0.15, 0.2) is 6.10 Å². The number of hydrogen-bond donors (Lipinski definition) is 0. The molecule has 0 amide bonds. The number of ether oxygens (including phenoxy) is 5. The van der Waals surface area contributed by atoms with Gasteiger partial charge >= 0.3 is 29.8 Å². The maximum atomic E-state index is 11.9. The molecule has 0 atom stereocenters. The van der Waals surface area contributed by atoms with Crippen molar-refractivity contribution >= 4 is 29.8 Å². The van der Waals surface area contributed by atoms with Gasteiger partial charge in [-0.1, -0.05) is 38.8 Å². The third-order valence-electron chi connectivity index (χ3n) is 4.11. The molecule has 10 heteroatoms. The Morgan fingerprint density at radius 1 is 0.657 bits per heavy atom. The van der Waals surface area contributed by atoms with Crippen LogP contribution < -0.4 is 0 Å². The van der Waals surface area contributed by atoms with Crippen LogP contribution in [0.1, 0.15) is 81.0 Å². The second kappa shape index (κ2) is 18.9. The summed E-state index contributed by atoms with van der Waals surface area (Å²) < 4.78 is 24.3. The first-order valence-electron chi connectivity index (χ1n) is 11.5. The largest absolute Gasteiger partial charge is 0.462 e. The number of unbranched alkanes of at least 4 members (excludes halogenated alkanes) is 2. The molecule has 10 nitrogen and oxygen atoms in total. The van der Waals surface area contributed by atoms with Crippen LogP contribution in [-0.2, 0) is 38.1 Å². The van der Waals surface area contributed by atoms with Crippen molar-refractivity contribution < 1.29 is 47.7 Å². The summed E-state index contributed by atoms with van der Waals surface area (Å²) in [6.07, 6.45) is 2.78. The molecular formula is C25H36O10. The van der Waals surface area contributed by atoms with E-state index in [0.717, 1.165) is 25.7 Å². The Bertz CT molecular complexity index is 759. The minimum atomic E-state index is -0.754. The summed E-state index contributed by atoms with van der Waals surface area (Å²) in [6.45, 7) is 8.22. The molecule has 0 aromatic heterocycles. The highest BCUT2D eigenvalue weighted by Crippen LogP contribution is 2.12. The van der Waals surface area contributed by atoms with Crippen molar-refractivity contribution in [1.29, 1.82) is 0 Å². The fourth-order valence-electron chi connectivity index (χ4n) is 2.38. The summed E-state index contributed by atoms with van der Waals surface area (Å²) in [5, 5.41) is 0. The molecule has 0 saturated heterocycles. The van der Waals surface area contributed by atoms with Crippen LogP contribution >= 0.6 is 0 Å². The zero-order valence-electron chi connectivity index (χ0n) is 21.1. The number of rotatable bonds is 13. The lowest BCUT2D eigenvalue weighted by atomic mass is 10.1. The summed E-state index contributed by atoms with van der Waals surface area (Å²) in [5.41, 5.74) is 0.537. The molecule has 0 aliphatic rings. The van der Waals surface area contributed by atoms with Gasteiger partial charge in [-0.3, -0.25) is 14.4 Å². The Kier molecular flexibility index (Phi) is 17.1. The van der Waals surface area contributed by atoms with E-state index in [1.807, 2.05) is 13.8 Å². The molecule has 0 heterocycles. The fourth-order valence-corrected chi connectivity index (χ4v) is 2.38. The summed E-state index contributed by atoms with van der Waals surface area (Å²) >= 11 is 0. The lowest BCUT2D eigenvalue weighted by Crippen LogP contribution is -2.29. The average Bonchev–Trinajstić information content (AvgIpc) is 2.81. The van der Waals surface area contributed by atoms with Gasteiger partial charge in [0.1, 0.15) is 13.2 Å². The zero-order chi connectivity index (χ0) is 26.6. The molecule has 1 aromatic rings. The third kappa shape index (κ3) is 15.9. The Morgan fingerprint density at radius 2 is 1.06 bits per heavy atom. The van der Waals surface area contributed by atoms with Gasteiger partial charge in [0.05, 0.1) is 24.3 Å². The Labute approximate surface area is 206 Å². The molecule has 0 radical (unpaired) electrons. The van der Waals surface area contributed by atoms with Crippen LogP contribution in [0.3, 0.4) is 0 Å². The maximum absolute atomic E-state index is 11.9. The Morgan fingerprint density at radius 3 is 1.37 bits per heavy atom. The van der Waals surface area contributed by atoms with Crippen molar-refractivity contribution in [3.63, 3.8) is 0 Å². The second-order valence-electron chi connectivity index (χ2n) is 7.36. The molecule has 1 aromatic carbocycles. The molecule has 0 spiro atoms. The van der Waals surface area contributed by atoms with Gasteiger partial charge in [-0.15, -0.1) is 0 Å². The number of carbonyl (C=O) groups is 5.